The predicted octanol–water partition coefficient (Wildman–Crippen LogP) is -2.45. The van der Waals surface area contributed by atoms with Crippen molar-refractivity contribution in [1.29, 1.82) is 0 Å². The molecule has 1 aliphatic rings. The van der Waals surface area contributed by atoms with Gasteiger partial charge in [0.1, 0.15) is 12.3 Å². The number of carbonyl (C=O) groups excluding carboxylic acids is 4. The molecule has 0 aromatic heterocycles. The van der Waals surface area contributed by atoms with Gasteiger partial charge in [0, 0.05) is 18.7 Å². The van der Waals surface area contributed by atoms with Gasteiger partial charge in [0.15, 0.2) is 0 Å². The van der Waals surface area contributed by atoms with Crippen molar-refractivity contribution >= 4 is 24.0 Å². The smallest absolute Gasteiger partial charge is 0.254 e. The van der Waals surface area contributed by atoms with Gasteiger partial charge in [0.05, 0.1) is 6.54 Å². The van der Waals surface area contributed by atoms with Crippen LogP contribution < -0.4 is 11.1 Å². The van der Waals surface area contributed by atoms with E-state index in [9.17, 15) is 19.2 Å². The van der Waals surface area contributed by atoms with Crippen LogP contribution in [-0.2, 0) is 19.2 Å². The van der Waals surface area contributed by atoms with Crippen molar-refractivity contribution in [2.24, 2.45) is 5.73 Å². The molecular formula is C9H11N3O4. The largest absolute Gasteiger partial charge is 0.347 e. The van der Waals surface area contributed by atoms with Crippen LogP contribution in [0.2, 0.25) is 0 Å². The lowest BCUT2D eigenvalue weighted by atomic mass is 10.2. The minimum absolute atomic E-state index is 0.182. The van der Waals surface area contributed by atoms with Crippen LogP contribution >= 0.6 is 0 Å². The lowest BCUT2D eigenvalue weighted by Gasteiger charge is -2.23. The zero-order valence-electron chi connectivity index (χ0n) is 8.38. The highest BCUT2D eigenvalue weighted by Crippen LogP contribution is 2.08. The fourth-order valence-electron chi connectivity index (χ4n) is 1.31. The minimum Gasteiger partial charge on any atom is -0.347 e. The van der Waals surface area contributed by atoms with Gasteiger partial charge in [-0.2, -0.15) is 0 Å². The molecule has 86 valence electrons. The zero-order valence-corrected chi connectivity index (χ0v) is 8.38. The number of hydrogen-bond donors (Lipinski definition) is 2. The summed E-state index contributed by atoms with van der Waals surface area (Å²) >= 11 is 0. The molecule has 0 saturated carbocycles. The molecule has 0 fully saturated rings. The second-order valence-electron chi connectivity index (χ2n) is 3.04. The Kier molecular flexibility index (Phi) is 3.90. The number of imide groups is 1. The summed E-state index contributed by atoms with van der Waals surface area (Å²) in [6.45, 7) is -0.372. The number of nitrogens with zero attached hydrogens (tertiary/aromatic N) is 1. The quantitative estimate of drug-likeness (QED) is 0.399. The molecule has 0 aliphatic carbocycles. The molecule has 0 bridgehead atoms. The van der Waals surface area contributed by atoms with Gasteiger partial charge in [0.25, 0.3) is 11.8 Å². The molecule has 1 atom stereocenters. The SMILES string of the molecule is NCC(C(=O)NCC=O)N1C(=O)C=CC1=O. The molecule has 0 aromatic carbocycles. The van der Waals surface area contributed by atoms with E-state index in [1.54, 1.807) is 0 Å². The highest BCUT2D eigenvalue weighted by atomic mass is 16.2. The molecule has 3 N–H and O–H groups in total. The Balaban J connectivity index is 2.74. The van der Waals surface area contributed by atoms with E-state index in [0.29, 0.717) is 6.29 Å². The Morgan fingerprint density at radius 1 is 1.44 bits per heavy atom. The topological polar surface area (TPSA) is 110 Å². The van der Waals surface area contributed by atoms with E-state index in [-0.39, 0.29) is 13.1 Å². The van der Waals surface area contributed by atoms with E-state index in [1.807, 2.05) is 0 Å². The highest BCUT2D eigenvalue weighted by molar-refractivity contribution is 6.15. The highest BCUT2D eigenvalue weighted by Gasteiger charge is 2.34. The third-order valence-electron chi connectivity index (χ3n) is 2.04. The summed E-state index contributed by atoms with van der Waals surface area (Å²) in [6.07, 6.45) is 2.63. The third kappa shape index (κ3) is 2.31. The molecule has 1 rings (SSSR count). The number of rotatable bonds is 5. The van der Waals surface area contributed by atoms with E-state index < -0.39 is 23.8 Å². The Hall–Kier alpha value is -2.02. The van der Waals surface area contributed by atoms with Crippen LogP contribution in [0, 0.1) is 0 Å². The maximum Gasteiger partial charge on any atom is 0.254 e. The molecule has 7 nitrogen and oxygen atoms in total. The summed E-state index contributed by atoms with van der Waals surface area (Å²) in [7, 11) is 0. The first-order chi connectivity index (χ1) is 7.61. The second-order valence-corrected chi connectivity index (χ2v) is 3.04. The van der Waals surface area contributed by atoms with Crippen molar-refractivity contribution in [3.05, 3.63) is 12.2 Å². The van der Waals surface area contributed by atoms with Crippen LogP contribution in [-0.4, -0.2) is 48.0 Å². The lowest BCUT2D eigenvalue weighted by Crippen LogP contribution is -2.53. The van der Waals surface area contributed by atoms with E-state index in [2.05, 4.69) is 5.32 Å². The van der Waals surface area contributed by atoms with E-state index in [1.165, 1.54) is 0 Å². The van der Waals surface area contributed by atoms with Crippen LogP contribution in [0.15, 0.2) is 12.2 Å². The average Bonchev–Trinajstić information content (AvgIpc) is 2.59. The van der Waals surface area contributed by atoms with Crippen LogP contribution in [0.4, 0.5) is 0 Å². The third-order valence-corrected chi connectivity index (χ3v) is 2.04. The molecule has 0 saturated heterocycles. The summed E-state index contributed by atoms with van der Waals surface area (Å²) in [4.78, 5) is 44.9. The van der Waals surface area contributed by atoms with Crippen molar-refractivity contribution < 1.29 is 19.2 Å². The summed E-state index contributed by atoms with van der Waals surface area (Å²) in [5, 5.41) is 2.24. The first kappa shape index (κ1) is 12.1. The standard InChI is InChI=1S/C9H11N3O4/c10-5-6(9(16)11-3-4-13)12-7(14)1-2-8(12)15/h1-2,4,6H,3,5,10H2,(H,11,16). The fourth-order valence-corrected chi connectivity index (χ4v) is 1.31. The van der Waals surface area contributed by atoms with Crippen LogP contribution in [0.3, 0.4) is 0 Å². The van der Waals surface area contributed by atoms with E-state index in [4.69, 9.17) is 5.73 Å². The van der Waals surface area contributed by atoms with Gasteiger partial charge in [0.2, 0.25) is 5.91 Å². The Labute approximate surface area is 91.3 Å². The molecular weight excluding hydrogens is 214 g/mol. The molecule has 7 heteroatoms. The zero-order chi connectivity index (χ0) is 12.1. The van der Waals surface area contributed by atoms with Crippen molar-refractivity contribution in [3.63, 3.8) is 0 Å². The summed E-state index contributed by atoms with van der Waals surface area (Å²) in [5.74, 6) is -1.79. The number of carbonyl (C=O) groups is 4. The van der Waals surface area contributed by atoms with Gasteiger partial charge in [-0.15, -0.1) is 0 Å². The molecule has 0 radical (unpaired) electrons. The Morgan fingerprint density at radius 3 is 2.44 bits per heavy atom. The number of hydrogen-bond acceptors (Lipinski definition) is 5. The van der Waals surface area contributed by atoms with Gasteiger partial charge >= 0.3 is 0 Å². The molecule has 1 heterocycles. The second kappa shape index (κ2) is 5.17. The van der Waals surface area contributed by atoms with Gasteiger partial charge in [-0.3, -0.25) is 19.3 Å². The summed E-state index contributed by atoms with van der Waals surface area (Å²) in [5.41, 5.74) is 5.33. The first-order valence-corrected chi connectivity index (χ1v) is 4.58. The monoisotopic (exact) mass is 225 g/mol. The van der Waals surface area contributed by atoms with Gasteiger partial charge in [-0.1, -0.05) is 0 Å². The van der Waals surface area contributed by atoms with Crippen molar-refractivity contribution in [2.75, 3.05) is 13.1 Å². The average molecular weight is 225 g/mol. The molecule has 1 unspecified atom stereocenters. The van der Waals surface area contributed by atoms with Gasteiger partial charge in [-0.05, 0) is 0 Å². The number of nitrogens with one attached hydrogen (secondary N) is 1. The van der Waals surface area contributed by atoms with Crippen LogP contribution in [0.25, 0.3) is 0 Å². The van der Waals surface area contributed by atoms with E-state index in [0.717, 1.165) is 17.1 Å². The maximum atomic E-state index is 11.5. The van der Waals surface area contributed by atoms with Crippen molar-refractivity contribution in [1.82, 2.24) is 10.2 Å². The van der Waals surface area contributed by atoms with E-state index >= 15 is 0 Å². The van der Waals surface area contributed by atoms with Gasteiger partial charge < -0.3 is 15.8 Å². The molecule has 3 amide bonds. The molecule has 1 aliphatic heterocycles. The maximum absolute atomic E-state index is 11.5. The number of nitrogens with two attached hydrogens (primary N) is 1. The molecule has 0 aromatic rings. The Morgan fingerprint density at radius 2 is 2.00 bits per heavy atom. The van der Waals surface area contributed by atoms with Crippen LogP contribution in [0.5, 0.6) is 0 Å². The van der Waals surface area contributed by atoms with Crippen molar-refractivity contribution in [3.8, 4) is 0 Å². The van der Waals surface area contributed by atoms with Crippen LogP contribution in [0.1, 0.15) is 0 Å². The van der Waals surface area contributed by atoms with Gasteiger partial charge in [-0.25, -0.2) is 0 Å². The summed E-state index contributed by atoms with van der Waals surface area (Å²) in [6, 6.07) is -1.07. The molecule has 0 spiro atoms. The lowest BCUT2D eigenvalue weighted by molar-refractivity contribution is -0.145. The first-order valence-electron chi connectivity index (χ1n) is 4.58. The number of amides is 3. The Bertz CT molecular complexity index is 346. The fraction of sp³-hybridized carbons (Fsp3) is 0.333. The molecule has 16 heavy (non-hydrogen) atoms. The summed E-state index contributed by atoms with van der Waals surface area (Å²) < 4.78 is 0. The predicted molar refractivity (Wildman–Crippen MR) is 52.9 cm³/mol. The minimum atomic E-state index is -1.07. The van der Waals surface area contributed by atoms with Crippen molar-refractivity contribution in [2.45, 2.75) is 6.04 Å². The normalized spacial score (nSPS) is 16.4. The number of aldehydes is 1.